The van der Waals surface area contributed by atoms with E-state index < -0.39 is 25.5 Å². The summed E-state index contributed by atoms with van der Waals surface area (Å²) in [6.45, 7) is 3.61. The number of nitrogens with zero attached hydrogens (tertiary/aromatic N) is 2. The number of benzene rings is 4. The number of anilines is 1. The van der Waals surface area contributed by atoms with Gasteiger partial charge in [0.25, 0.3) is 5.01 Å². The van der Waals surface area contributed by atoms with Gasteiger partial charge in [-0.05, 0) is 54.3 Å². The molecule has 0 radical (unpaired) electrons. The molecule has 12 heteroatoms. The number of rotatable bonds is 11. The van der Waals surface area contributed by atoms with Crippen LogP contribution in [0.25, 0.3) is 38.5 Å². The second-order valence-electron chi connectivity index (χ2n) is 11.1. The summed E-state index contributed by atoms with van der Waals surface area (Å²) in [6, 6.07) is 32.6. The Kier molecular flexibility index (Phi) is 9.90. The molecule has 0 amide bonds. The fraction of sp³-hybridized carbons (Fsp3) is 0.200. The molecule has 0 aliphatic carbocycles. The molecule has 0 spiro atoms. The minimum atomic E-state index is -4.44. The minimum absolute atomic E-state index is 0.0122. The second-order valence-corrected chi connectivity index (χ2v) is 16.7. The van der Waals surface area contributed by atoms with E-state index >= 15 is 0 Å². The van der Waals surface area contributed by atoms with E-state index in [1.165, 1.54) is 13.8 Å². The van der Waals surface area contributed by atoms with Gasteiger partial charge in [0.2, 0.25) is 5.52 Å². The zero-order valence-corrected chi connectivity index (χ0v) is 29.1. The molecule has 0 saturated carbocycles. The molecule has 8 nitrogen and oxygen atoms in total. The first-order valence-corrected chi connectivity index (χ1v) is 19.7. The Bertz CT molecular complexity index is 2170. The molecular formula is C35H34N2O6S4. The average Bonchev–Trinajstić information content (AvgIpc) is 3.59. The quantitative estimate of drug-likeness (QED) is 0.0868. The van der Waals surface area contributed by atoms with Gasteiger partial charge in [0.1, 0.15) is 4.70 Å². The Morgan fingerprint density at radius 2 is 1.55 bits per heavy atom. The molecule has 2 unspecified atom stereocenters. The van der Waals surface area contributed by atoms with Gasteiger partial charge in [-0.1, -0.05) is 95.9 Å². The van der Waals surface area contributed by atoms with Crippen LogP contribution in [-0.2, 0) is 30.9 Å². The Morgan fingerprint density at radius 1 is 0.915 bits per heavy atom. The van der Waals surface area contributed by atoms with Crippen molar-refractivity contribution in [3.8, 4) is 22.3 Å². The molecular weight excluding hydrogens is 673 g/mol. The van der Waals surface area contributed by atoms with Crippen molar-refractivity contribution >= 4 is 70.6 Å². The van der Waals surface area contributed by atoms with Crippen molar-refractivity contribution in [1.82, 2.24) is 0 Å². The number of thiazole rings is 1. The number of hydrogen-bond donors (Lipinski definition) is 1. The van der Waals surface area contributed by atoms with Gasteiger partial charge in [-0.15, -0.1) is 0 Å². The largest absolute Gasteiger partial charge is 0.748 e. The second kappa shape index (κ2) is 13.9. The Labute approximate surface area is 284 Å². The highest BCUT2D eigenvalue weighted by Crippen LogP contribution is 2.48. The van der Waals surface area contributed by atoms with Gasteiger partial charge in [0.05, 0.1) is 38.8 Å². The summed E-state index contributed by atoms with van der Waals surface area (Å²) in [6.07, 6.45) is 2.23. The molecule has 5 aromatic rings. The van der Waals surface area contributed by atoms with Crippen LogP contribution in [0.1, 0.15) is 25.3 Å². The third kappa shape index (κ3) is 7.65. The highest BCUT2D eigenvalue weighted by molar-refractivity contribution is 8.04. The van der Waals surface area contributed by atoms with Crippen molar-refractivity contribution in [2.75, 3.05) is 18.1 Å². The number of aryl methyl sites for hydroxylation is 1. The molecule has 1 aromatic heterocycles. The fourth-order valence-electron chi connectivity index (χ4n) is 5.38. The van der Waals surface area contributed by atoms with Crippen molar-refractivity contribution in [2.24, 2.45) is 0 Å². The summed E-state index contributed by atoms with van der Waals surface area (Å²) in [4.78, 5) is 3.12. The molecule has 1 aliphatic heterocycles. The number of thioether (sulfide) groups is 1. The van der Waals surface area contributed by atoms with Gasteiger partial charge in [0, 0.05) is 29.3 Å². The van der Waals surface area contributed by atoms with Crippen LogP contribution in [0.2, 0.25) is 0 Å². The van der Waals surface area contributed by atoms with Crippen molar-refractivity contribution in [1.29, 1.82) is 0 Å². The molecule has 0 saturated heterocycles. The van der Waals surface area contributed by atoms with E-state index in [1.54, 1.807) is 23.1 Å². The monoisotopic (exact) mass is 706 g/mol. The molecule has 47 heavy (non-hydrogen) atoms. The van der Waals surface area contributed by atoms with Crippen LogP contribution in [0.5, 0.6) is 0 Å². The zero-order chi connectivity index (χ0) is 33.2. The van der Waals surface area contributed by atoms with Gasteiger partial charge >= 0.3 is 0 Å². The van der Waals surface area contributed by atoms with Crippen molar-refractivity contribution < 1.29 is 30.5 Å². The molecule has 1 aliphatic rings. The van der Waals surface area contributed by atoms with Gasteiger partial charge in [-0.25, -0.2) is 12.6 Å². The van der Waals surface area contributed by atoms with Crippen LogP contribution in [-0.4, -0.2) is 45.5 Å². The van der Waals surface area contributed by atoms with Crippen molar-refractivity contribution in [3.63, 3.8) is 0 Å². The summed E-state index contributed by atoms with van der Waals surface area (Å²) in [5.74, 6) is 0. The summed E-state index contributed by atoms with van der Waals surface area (Å²) < 4.78 is 66.1. The predicted molar refractivity (Wildman–Crippen MR) is 193 cm³/mol. The maximum absolute atomic E-state index is 12.2. The molecule has 1 N–H and O–H groups in total. The van der Waals surface area contributed by atoms with Crippen LogP contribution in [0.4, 0.5) is 5.69 Å². The lowest BCUT2D eigenvalue weighted by Gasteiger charge is -2.21. The molecule has 6 rings (SSSR count). The SMILES string of the molecule is CC=S(=O)(O)OCCN1C(=Cc2sc3ccc(-c4ccccc4)cc3[n+]2CCC(C)S(=O)(=O)[O-])Sc2ccc(-c3ccccc3)cc21. The van der Waals surface area contributed by atoms with E-state index in [-0.39, 0.29) is 13.0 Å². The molecule has 2 heterocycles. The van der Waals surface area contributed by atoms with E-state index in [9.17, 15) is 21.7 Å². The lowest BCUT2D eigenvalue weighted by Crippen LogP contribution is -2.38. The van der Waals surface area contributed by atoms with Gasteiger partial charge < -0.3 is 9.45 Å². The first-order valence-electron chi connectivity index (χ1n) is 15.1. The zero-order valence-electron chi connectivity index (χ0n) is 25.8. The topological polar surface area (TPSA) is 111 Å². The predicted octanol–water partition coefficient (Wildman–Crippen LogP) is 7.27. The Hall–Kier alpha value is -3.49. The average molecular weight is 707 g/mol. The Balaban J connectivity index is 1.43. The van der Waals surface area contributed by atoms with E-state index in [1.807, 2.05) is 48.5 Å². The smallest absolute Gasteiger partial charge is 0.265 e. The summed E-state index contributed by atoms with van der Waals surface area (Å²) in [5, 5.41) is 1.89. The van der Waals surface area contributed by atoms with E-state index in [4.69, 9.17) is 4.18 Å². The lowest BCUT2D eigenvalue weighted by atomic mass is 10.0. The third-order valence-corrected chi connectivity index (χ3v) is 12.6. The fourth-order valence-corrected chi connectivity index (χ4v) is 8.50. The third-order valence-electron chi connectivity index (χ3n) is 8.04. The van der Waals surface area contributed by atoms with Crippen molar-refractivity contribution in [2.45, 2.75) is 37.0 Å². The van der Waals surface area contributed by atoms with Crippen LogP contribution in [0.15, 0.2) is 107 Å². The maximum atomic E-state index is 12.2. The van der Waals surface area contributed by atoms with Crippen LogP contribution in [0.3, 0.4) is 0 Å². The first kappa shape index (κ1) is 33.4. The molecule has 0 bridgehead atoms. The van der Waals surface area contributed by atoms with Crippen LogP contribution < -0.4 is 9.47 Å². The molecule has 244 valence electrons. The standard InChI is InChI=1S/C35H34N2O6S4/c1-3-46(38,39)43-21-20-37-31-23-29(27-12-8-5-9-13-27)15-17-33(31)45-35(37)24-34-36(19-18-25(2)47(40,41)42)30-22-28(14-16-32(30)44-34)26-10-6-4-7-11-26/h3-17,22-25H,18-21H2,1-2H3,(H-,38,39,40,41,42). The highest BCUT2D eigenvalue weighted by atomic mass is 32.2. The van der Waals surface area contributed by atoms with E-state index in [2.05, 4.69) is 64.1 Å². The van der Waals surface area contributed by atoms with E-state index in [0.717, 1.165) is 58.5 Å². The summed E-state index contributed by atoms with van der Waals surface area (Å²) >= 11 is 3.17. The van der Waals surface area contributed by atoms with Gasteiger partial charge in [-0.3, -0.25) is 8.74 Å². The normalized spacial score (nSPS) is 15.9. The lowest BCUT2D eigenvalue weighted by molar-refractivity contribution is -0.669. The first-order chi connectivity index (χ1) is 22.5. The molecule has 4 aromatic carbocycles. The van der Waals surface area contributed by atoms with Gasteiger partial charge in [0.15, 0.2) is 16.6 Å². The number of fused-ring (bicyclic) bond motifs is 2. The molecule has 0 fully saturated rings. The number of aromatic nitrogens is 1. The minimum Gasteiger partial charge on any atom is -0.748 e. The van der Waals surface area contributed by atoms with Gasteiger partial charge in [-0.2, -0.15) is 4.57 Å². The maximum Gasteiger partial charge on any atom is 0.265 e. The van der Waals surface area contributed by atoms with Crippen LogP contribution in [0, 0.1) is 0 Å². The Morgan fingerprint density at radius 3 is 2.19 bits per heavy atom. The highest BCUT2D eigenvalue weighted by Gasteiger charge is 2.29. The van der Waals surface area contributed by atoms with Crippen molar-refractivity contribution in [3.05, 3.63) is 107 Å². The molecule has 2 atom stereocenters. The number of hydrogen-bond acceptors (Lipinski definition) is 8. The summed E-state index contributed by atoms with van der Waals surface area (Å²) in [7, 11) is -7.94. The van der Waals surface area contributed by atoms with E-state index in [0.29, 0.717) is 13.1 Å². The summed E-state index contributed by atoms with van der Waals surface area (Å²) in [5.41, 5.74) is 6.12. The van der Waals surface area contributed by atoms with Crippen LogP contribution >= 0.6 is 23.1 Å².